The molecule has 0 heterocycles. The molecular weight excluding hydrogens is 222 g/mol. The molecular formula is C16H25NO. The van der Waals surface area contributed by atoms with Crippen molar-refractivity contribution in [2.75, 3.05) is 13.7 Å². The van der Waals surface area contributed by atoms with Gasteiger partial charge in [0.2, 0.25) is 0 Å². The maximum absolute atomic E-state index is 5.18. The lowest BCUT2D eigenvalue weighted by Gasteiger charge is -2.20. The Morgan fingerprint density at radius 2 is 2.00 bits per heavy atom. The molecule has 0 bridgehead atoms. The molecule has 0 amide bonds. The number of benzene rings is 1. The number of hydrogen-bond donors (Lipinski definition) is 1. The van der Waals surface area contributed by atoms with Gasteiger partial charge in [-0.3, -0.25) is 0 Å². The number of nitrogens with one attached hydrogen (secondary N) is 1. The van der Waals surface area contributed by atoms with Gasteiger partial charge >= 0.3 is 0 Å². The van der Waals surface area contributed by atoms with E-state index in [1.54, 1.807) is 7.11 Å². The minimum absolute atomic E-state index is 0.420. The third-order valence-corrected chi connectivity index (χ3v) is 4.34. The molecule has 2 heteroatoms. The van der Waals surface area contributed by atoms with E-state index >= 15 is 0 Å². The smallest absolute Gasteiger partial charge is 0.118 e. The largest absolute Gasteiger partial charge is 0.497 e. The van der Waals surface area contributed by atoms with Gasteiger partial charge in [-0.2, -0.15) is 0 Å². The van der Waals surface area contributed by atoms with E-state index in [2.05, 4.69) is 31.3 Å². The van der Waals surface area contributed by atoms with Crippen molar-refractivity contribution in [2.45, 2.75) is 39.2 Å². The van der Waals surface area contributed by atoms with Gasteiger partial charge in [0.15, 0.2) is 0 Å². The van der Waals surface area contributed by atoms with E-state index in [1.165, 1.54) is 24.8 Å². The Balaban J connectivity index is 1.84. The lowest BCUT2D eigenvalue weighted by atomic mass is 9.97. The van der Waals surface area contributed by atoms with E-state index < -0.39 is 0 Å². The number of rotatable bonds is 5. The predicted octanol–water partition coefficient (Wildman–Crippen LogP) is 3.78. The molecule has 1 fully saturated rings. The van der Waals surface area contributed by atoms with Gasteiger partial charge < -0.3 is 10.1 Å². The van der Waals surface area contributed by atoms with Gasteiger partial charge in [-0.25, -0.2) is 0 Å². The summed E-state index contributed by atoms with van der Waals surface area (Å²) in [6.45, 7) is 5.77. The van der Waals surface area contributed by atoms with Gasteiger partial charge in [-0.1, -0.05) is 31.9 Å². The monoisotopic (exact) mass is 247 g/mol. The van der Waals surface area contributed by atoms with Gasteiger partial charge in [0.05, 0.1) is 7.11 Å². The van der Waals surface area contributed by atoms with E-state index in [0.717, 1.165) is 24.1 Å². The average molecular weight is 247 g/mol. The second-order valence-electron chi connectivity index (χ2n) is 5.57. The molecule has 1 aliphatic rings. The van der Waals surface area contributed by atoms with Crippen molar-refractivity contribution in [3.8, 4) is 5.75 Å². The molecule has 0 spiro atoms. The fourth-order valence-electron chi connectivity index (χ4n) is 2.86. The number of ether oxygens (including phenoxy) is 1. The van der Waals surface area contributed by atoms with Crippen molar-refractivity contribution < 1.29 is 4.74 Å². The molecule has 1 aliphatic carbocycles. The van der Waals surface area contributed by atoms with Crippen LogP contribution in [0, 0.1) is 11.8 Å². The van der Waals surface area contributed by atoms with Crippen LogP contribution in [0.1, 0.15) is 44.7 Å². The first-order valence-electron chi connectivity index (χ1n) is 7.08. The minimum atomic E-state index is 0.420. The Hall–Kier alpha value is -1.02. The van der Waals surface area contributed by atoms with E-state index in [9.17, 15) is 0 Å². The molecule has 1 saturated carbocycles. The Morgan fingerprint density at radius 1 is 1.28 bits per heavy atom. The highest BCUT2D eigenvalue weighted by molar-refractivity contribution is 5.28. The second kappa shape index (κ2) is 6.24. The SMILES string of the molecule is COc1ccc(C(C)NCC2CCCC2C)cc1. The van der Waals surface area contributed by atoms with Gasteiger partial charge in [0.1, 0.15) is 5.75 Å². The molecule has 100 valence electrons. The van der Waals surface area contributed by atoms with Gasteiger partial charge in [0, 0.05) is 6.04 Å². The molecule has 0 saturated heterocycles. The zero-order valence-electron chi connectivity index (χ0n) is 11.8. The summed E-state index contributed by atoms with van der Waals surface area (Å²) >= 11 is 0. The van der Waals surface area contributed by atoms with E-state index in [4.69, 9.17) is 4.74 Å². The summed E-state index contributed by atoms with van der Waals surface area (Å²) in [6.07, 6.45) is 4.21. The lowest BCUT2D eigenvalue weighted by molar-refractivity contribution is 0.374. The van der Waals surface area contributed by atoms with Crippen molar-refractivity contribution in [3.05, 3.63) is 29.8 Å². The Morgan fingerprint density at radius 3 is 2.56 bits per heavy atom. The molecule has 18 heavy (non-hydrogen) atoms. The highest BCUT2D eigenvalue weighted by Crippen LogP contribution is 2.31. The van der Waals surface area contributed by atoms with Crippen molar-refractivity contribution in [3.63, 3.8) is 0 Å². The van der Waals surface area contributed by atoms with E-state index in [-0.39, 0.29) is 0 Å². The predicted molar refractivity (Wildman–Crippen MR) is 75.9 cm³/mol. The van der Waals surface area contributed by atoms with Crippen LogP contribution in [0.2, 0.25) is 0 Å². The van der Waals surface area contributed by atoms with Crippen molar-refractivity contribution in [2.24, 2.45) is 11.8 Å². The lowest BCUT2D eigenvalue weighted by Crippen LogP contribution is -2.26. The summed E-state index contributed by atoms with van der Waals surface area (Å²) in [5.74, 6) is 2.68. The topological polar surface area (TPSA) is 21.3 Å². The average Bonchev–Trinajstić information content (AvgIpc) is 2.81. The second-order valence-corrected chi connectivity index (χ2v) is 5.57. The highest BCUT2D eigenvalue weighted by Gasteiger charge is 2.23. The third-order valence-electron chi connectivity index (χ3n) is 4.34. The molecule has 2 nitrogen and oxygen atoms in total. The minimum Gasteiger partial charge on any atom is -0.497 e. The molecule has 1 aromatic carbocycles. The summed E-state index contributed by atoms with van der Waals surface area (Å²) in [7, 11) is 1.71. The van der Waals surface area contributed by atoms with Crippen LogP contribution in [0.4, 0.5) is 0 Å². The molecule has 0 aromatic heterocycles. The maximum atomic E-state index is 5.18. The first-order chi connectivity index (χ1) is 8.70. The summed E-state index contributed by atoms with van der Waals surface area (Å²) < 4.78 is 5.18. The highest BCUT2D eigenvalue weighted by atomic mass is 16.5. The molecule has 2 rings (SSSR count). The third kappa shape index (κ3) is 3.26. The van der Waals surface area contributed by atoms with Crippen LogP contribution >= 0.6 is 0 Å². The van der Waals surface area contributed by atoms with Gasteiger partial charge in [0.25, 0.3) is 0 Å². The fraction of sp³-hybridized carbons (Fsp3) is 0.625. The molecule has 1 aromatic rings. The zero-order valence-corrected chi connectivity index (χ0v) is 11.8. The normalized spacial score (nSPS) is 25.1. The van der Waals surface area contributed by atoms with Crippen LogP contribution in [-0.4, -0.2) is 13.7 Å². The molecule has 1 N–H and O–H groups in total. The number of methoxy groups -OCH3 is 1. The van der Waals surface area contributed by atoms with E-state index in [0.29, 0.717) is 6.04 Å². The first kappa shape index (κ1) is 13.4. The van der Waals surface area contributed by atoms with Crippen molar-refractivity contribution in [1.82, 2.24) is 5.32 Å². The molecule has 0 radical (unpaired) electrons. The standard InChI is InChI=1S/C16H25NO/c1-12-5-4-6-15(12)11-17-13(2)14-7-9-16(18-3)10-8-14/h7-10,12-13,15,17H,4-6,11H2,1-3H3. The maximum Gasteiger partial charge on any atom is 0.118 e. The van der Waals surface area contributed by atoms with Crippen LogP contribution in [0.25, 0.3) is 0 Å². The van der Waals surface area contributed by atoms with Crippen molar-refractivity contribution in [1.29, 1.82) is 0 Å². The first-order valence-corrected chi connectivity index (χ1v) is 7.08. The Kier molecular flexibility index (Phi) is 4.65. The van der Waals surface area contributed by atoms with Crippen LogP contribution in [0.15, 0.2) is 24.3 Å². The summed E-state index contributed by atoms with van der Waals surface area (Å²) in [4.78, 5) is 0. The van der Waals surface area contributed by atoms with Gasteiger partial charge in [-0.05, 0) is 49.4 Å². The fourth-order valence-corrected chi connectivity index (χ4v) is 2.86. The van der Waals surface area contributed by atoms with Crippen LogP contribution in [-0.2, 0) is 0 Å². The molecule has 3 unspecified atom stereocenters. The van der Waals surface area contributed by atoms with Crippen LogP contribution < -0.4 is 10.1 Å². The summed E-state index contributed by atoms with van der Waals surface area (Å²) in [5, 5.41) is 3.67. The molecule has 3 atom stereocenters. The Bertz CT molecular complexity index is 360. The van der Waals surface area contributed by atoms with Crippen LogP contribution in [0.5, 0.6) is 5.75 Å². The zero-order chi connectivity index (χ0) is 13.0. The summed E-state index contributed by atoms with van der Waals surface area (Å²) in [5.41, 5.74) is 1.33. The van der Waals surface area contributed by atoms with Crippen molar-refractivity contribution >= 4 is 0 Å². The Labute approximate surface area is 111 Å². The van der Waals surface area contributed by atoms with Crippen LogP contribution in [0.3, 0.4) is 0 Å². The summed E-state index contributed by atoms with van der Waals surface area (Å²) in [6, 6.07) is 8.78. The molecule has 0 aliphatic heterocycles. The van der Waals surface area contributed by atoms with E-state index in [1.807, 2.05) is 12.1 Å². The van der Waals surface area contributed by atoms with Gasteiger partial charge in [-0.15, -0.1) is 0 Å². The number of hydrogen-bond acceptors (Lipinski definition) is 2. The quantitative estimate of drug-likeness (QED) is 0.855.